The molecular formula is C25H33N7O. The molecule has 0 amide bonds. The molecule has 174 valence electrons. The van der Waals surface area contributed by atoms with Gasteiger partial charge in [-0.05, 0) is 63.8 Å². The fraction of sp³-hybridized carbons (Fsp3) is 0.400. The standard InChI is InChI=1S/C25H33N7O/c1-5-18(4)27-19-9-8-10-20(15-19)28-23-22-24(32(16-26-22)17(2)3)30-25(29-23)31-13-7-6-11-21(31)12-14-33/h5,8-10,15-17,21,27,33H,1,4,6-7,11-14H2,2-3H3,(H,28,29,30). The van der Waals surface area contributed by atoms with Gasteiger partial charge in [-0.2, -0.15) is 9.97 Å². The van der Waals surface area contributed by atoms with E-state index in [2.05, 4.69) is 52.1 Å². The number of rotatable bonds is 9. The maximum absolute atomic E-state index is 9.58. The number of hydrogen-bond acceptors (Lipinski definition) is 7. The van der Waals surface area contributed by atoms with Gasteiger partial charge in [0.15, 0.2) is 17.0 Å². The fourth-order valence-electron chi connectivity index (χ4n) is 4.26. The van der Waals surface area contributed by atoms with Crippen LogP contribution in [-0.2, 0) is 0 Å². The van der Waals surface area contributed by atoms with Crippen LogP contribution in [0.2, 0.25) is 0 Å². The molecule has 0 saturated carbocycles. The Morgan fingerprint density at radius 3 is 2.85 bits per heavy atom. The van der Waals surface area contributed by atoms with Crippen molar-refractivity contribution in [3.63, 3.8) is 0 Å². The number of allylic oxidation sites excluding steroid dienone is 1. The first-order valence-electron chi connectivity index (χ1n) is 11.6. The molecule has 1 aromatic carbocycles. The molecule has 0 aliphatic carbocycles. The Morgan fingerprint density at radius 1 is 1.27 bits per heavy atom. The first kappa shape index (κ1) is 22.8. The Bertz CT molecular complexity index is 1130. The minimum atomic E-state index is 0.161. The maximum atomic E-state index is 9.58. The molecule has 1 atom stereocenters. The summed E-state index contributed by atoms with van der Waals surface area (Å²) in [5.41, 5.74) is 4.06. The highest BCUT2D eigenvalue weighted by Crippen LogP contribution is 2.31. The average Bonchev–Trinajstić information content (AvgIpc) is 3.24. The van der Waals surface area contributed by atoms with Gasteiger partial charge < -0.3 is 25.2 Å². The second kappa shape index (κ2) is 10.0. The molecule has 1 fully saturated rings. The van der Waals surface area contributed by atoms with Crippen molar-refractivity contribution in [1.82, 2.24) is 19.5 Å². The van der Waals surface area contributed by atoms with Gasteiger partial charge in [-0.1, -0.05) is 19.2 Å². The number of benzene rings is 1. The van der Waals surface area contributed by atoms with Gasteiger partial charge in [0.2, 0.25) is 5.95 Å². The molecule has 3 aromatic rings. The lowest BCUT2D eigenvalue weighted by molar-refractivity contribution is 0.262. The van der Waals surface area contributed by atoms with Crippen molar-refractivity contribution in [2.75, 3.05) is 28.7 Å². The normalized spacial score (nSPS) is 16.2. The predicted octanol–water partition coefficient (Wildman–Crippen LogP) is 5.00. The highest BCUT2D eigenvalue weighted by atomic mass is 16.3. The smallest absolute Gasteiger partial charge is 0.229 e. The molecule has 0 radical (unpaired) electrons. The topological polar surface area (TPSA) is 91.1 Å². The number of anilines is 4. The van der Waals surface area contributed by atoms with E-state index in [9.17, 15) is 5.11 Å². The summed E-state index contributed by atoms with van der Waals surface area (Å²) in [7, 11) is 0. The van der Waals surface area contributed by atoms with Gasteiger partial charge in [0, 0.05) is 42.3 Å². The number of aromatic nitrogens is 4. The third-order valence-electron chi connectivity index (χ3n) is 5.99. The SMILES string of the molecule is C=CC(=C)Nc1cccc(Nc2nc(N3CCCCC3CCO)nc3c2ncn3C(C)C)c1. The van der Waals surface area contributed by atoms with Crippen LogP contribution in [0.15, 0.2) is 55.5 Å². The zero-order valence-corrected chi connectivity index (χ0v) is 19.5. The molecule has 1 saturated heterocycles. The zero-order chi connectivity index (χ0) is 23.4. The minimum Gasteiger partial charge on any atom is -0.396 e. The van der Waals surface area contributed by atoms with Crippen molar-refractivity contribution in [3.05, 3.63) is 55.5 Å². The quantitative estimate of drug-likeness (QED) is 0.397. The number of fused-ring (bicyclic) bond motifs is 1. The summed E-state index contributed by atoms with van der Waals surface area (Å²) < 4.78 is 2.07. The second-order valence-corrected chi connectivity index (χ2v) is 8.71. The van der Waals surface area contributed by atoms with E-state index >= 15 is 0 Å². The third kappa shape index (κ3) is 5.01. The lowest BCUT2D eigenvalue weighted by Gasteiger charge is -2.35. The highest BCUT2D eigenvalue weighted by Gasteiger charge is 2.26. The molecule has 1 aliphatic heterocycles. The van der Waals surface area contributed by atoms with Crippen LogP contribution in [0.1, 0.15) is 45.6 Å². The summed E-state index contributed by atoms with van der Waals surface area (Å²) in [5, 5.41) is 16.3. The van der Waals surface area contributed by atoms with Crippen LogP contribution in [0.4, 0.5) is 23.1 Å². The molecule has 4 rings (SSSR count). The van der Waals surface area contributed by atoms with Gasteiger partial charge in [0.1, 0.15) is 0 Å². The number of nitrogens with one attached hydrogen (secondary N) is 2. The number of hydrogen-bond donors (Lipinski definition) is 3. The van der Waals surface area contributed by atoms with Crippen LogP contribution in [-0.4, -0.2) is 43.8 Å². The van der Waals surface area contributed by atoms with Crippen LogP contribution in [0.25, 0.3) is 11.2 Å². The van der Waals surface area contributed by atoms with Gasteiger partial charge in [0.25, 0.3) is 0 Å². The number of piperidine rings is 1. The van der Waals surface area contributed by atoms with Crippen molar-refractivity contribution < 1.29 is 5.11 Å². The summed E-state index contributed by atoms with van der Waals surface area (Å²) >= 11 is 0. The van der Waals surface area contributed by atoms with E-state index in [1.807, 2.05) is 30.6 Å². The van der Waals surface area contributed by atoms with E-state index in [1.54, 1.807) is 6.08 Å². The Hall–Kier alpha value is -3.39. The first-order valence-corrected chi connectivity index (χ1v) is 11.6. The Kier molecular flexibility index (Phi) is 6.93. The fourth-order valence-corrected chi connectivity index (χ4v) is 4.26. The van der Waals surface area contributed by atoms with Gasteiger partial charge in [-0.25, -0.2) is 4.98 Å². The Morgan fingerprint density at radius 2 is 2.09 bits per heavy atom. The predicted molar refractivity (Wildman–Crippen MR) is 135 cm³/mol. The first-order chi connectivity index (χ1) is 16.0. The van der Waals surface area contributed by atoms with E-state index in [0.29, 0.717) is 18.2 Å². The van der Waals surface area contributed by atoms with E-state index in [1.165, 1.54) is 0 Å². The molecule has 3 heterocycles. The minimum absolute atomic E-state index is 0.161. The van der Waals surface area contributed by atoms with Gasteiger partial charge in [-0.3, -0.25) is 0 Å². The highest BCUT2D eigenvalue weighted by molar-refractivity contribution is 5.87. The number of imidazole rings is 1. The summed E-state index contributed by atoms with van der Waals surface area (Å²) in [4.78, 5) is 16.7. The van der Waals surface area contributed by atoms with Crippen LogP contribution in [0.5, 0.6) is 0 Å². The van der Waals surface area contributed by atoms with Crippen LogP contribution >= 0.6 is 0 Å². The zero-order valence-electron chi connectivity index (χ0n) is 19.5. The van der Waals surface area contributed by atoms with Gasteiger partial charge >= 0.3 is 0 Å². The van der Waals surface area contributed by atoms with E-state index < -0.39 is 0 Å². The molecule has 33 heavy (non-hydrogen) atoms. The molecular weight excluding hydrogens is 414 g/mol. The average molecular weight is 448 g/mol. The van der Waals surface area contributed by atoms with E-state index in [-0.39, 0.29) is 18.7 Å². The molecule has 3 N–H and O–H groups in total. The third-order valence-corrected chi connectivity index (χ3v) is 5.99. The van der Waals surface area contributed by atoms with Crippen molar-refractivity contribution in [2.24, 2.45) is 0 Å². The Balaban J connectivity index is 1.75. The van der Waals surface area contributed by atoms with Gasteiger partial charge in [0.05, 0.1) is 6.33 Å². The monoisotopic (exact) mass is 447 g/mol. The molecule has 1 unspecified atom stereocenters. The molecule has 1 aliphatic rings. The number of nitrogens with zero attached hydrogens (tertiary/aromatic N) is 5. The summed E-state index contributed by atoms with van der Waals surface area (Å²) in [6.45, 7) is 12.9. The lowest BCUT2D eigenvalue weighted by atomic mass is 10.0. The van der Waals surface area contributed by atoms with Crippen LogP contribution in [0, 0.1) is 0 Å². The molecule has 0 spiro atoms. The summed E-state index contributed by atoms with van der Waals surface area (Å²) in [6, 6.07) is 8.39. The van der Waals surface area contributed by atoms with Crippen molar-refractivity contribution in [1.29, 1.82) is 0 Å². The van der Waals surface area contributed by atoms with E-state index in [0.717, 1.165) is 54.0 Å². The van der Waals surface area contributed by atoms with Crippen molar-refractivity contribution >= 4 is 34.3 Å². The lowest BCUT2D eigenvalue weighted by Crippen LogP contribution is -2.41. The number of aliphatic hydroxyl groups excluding tert-OH is 1. The molecule has 0 bridgehead atoms. The Labute approximate surface area is 195 Å². The second-order valence-electron chi connectivity index (χ2n) is 8.71. The van der Waals surface area contributed by atoms with Crippen molar-refractivity contribution in [2.45, 2.75) is 51.6 Å². The van der Waals surface area contributed by atoms with Crippen LogP contribution in [0.3, 0.4) is 0 Å². The summed E-state index contributed by atoms with van der Waals surface area (Å²) in [6.07, 6.45) is 7.51. The molecule has 8 nitrogen and oxygen atoms in total. The summed E-state index contributed by atoms with van der Waals surface area (Å²) in [5.74, 6) is 1.35. The van der Waals surface area contributed by atoms with Crippen molar-refractivity contribution in [3.8, 4) is 0 Å². The molecule has 2 aromatic heterocycles. The number of aliphatic hydroxyl groups is 1. The molecule has 8 heteroatoms. The maximum Gasteiger partial charge on any atom is 0.229 e. The van der Waals surface area contributed by atoms with Gasteiger partial charge in [-0.15, -0.1) is 0 Å². The van der Waals surface area contributed by atoms with E-state index in [4.69, 9.17) is 9.97 Å². The van der Waals surface area contributed by atoms with Crippen LogP contribution < -0.4 is 15.5 Å². The largest absolute Gasteiger partial charge is 0.396 e.